The number of aryl methyl sites for hydroxylation is 1. The van der Waals surface area contributed by atoms with Crippen LogP contribution in [0.5, 0.6) is 0 Å². The Labute approximate surface area is 179 Å². The second kappa shape index (κ2) is 10.8. The molecule has 1 fully saturated rings. The summed E-state index contributed by atoms with van der Waals surface area (Å²) in [6.07, 6.45) is 1.01. The summed E-state index contributed by atoms with van der Waals surface area (Å²) in [5.74, 6) is -0.246. The number of piperidine rings is 1. The number of carbonyl (C=O) groups excluding carboxylic acids is 2. The van der Waals surface area contributed by atoms with Crippen molar-refractivity contribution in [2.24, 2.45) is 11.8 Å². The first-order valence-corrected chi connectivity index (χ1v) is 11.9. The number of carbonyl (C=O) groups is 2. The molecule has 2 amide bonds. The zero-order chi connectivity index (χ0) is 22.3. The number of sulfonamides is 1. The van der Waals surface area contributed by atoms with Gasteiger partial charge in [-0.25, -0.2) is 17.9 Å². The number of hydrogen-bond acceptors (Lipinski definition) is 5. The van der Waals surface area contributed by atoms with Crippen LogP contribution in [0.25, 0.3) is 0 Å². The van der Waals surface area contributed by atoms with Gasteiger partial charge in [0.1, 0.15) is 6.04 Å². The standard InChI is InChI=1S/C21H33N3O5S/c1-5-29-21(26)23-19(15(2)3)20(25)24-12-6-7-17(14-24)13-22-30(27,28)18-10-8-16(4)9-11-18/h8-11,15,17,19,22H,5-7,12-14H2,1-4H3,(H,23,26). The Kier molecular flexibility index (Phi) is 8.66. The maximum atomic E-state index is 13.0. The highest BCUT2D eigenvalue weighted by Gasteiger charge is 2.32. The van der Waals surface area contributed by atoms with Crippen molar-refractivity contribution < 1.29 is 22.7 Å². The molecule has 0 radical (unpaired) electrons. The molecule has 8 nitrogen and oxygen atoms in total. The SMILES string of the molecule is CCOC(=O)NC(C(=O)N1CCCC(CNS(=O)(=O)c2ccc(C)cc2)C1)C(C)C. The molecule has 2 rings (SSSR count). The predicted octanol–water partition coefficient (Wildman–Crippen LogP) is 2.28. The molecular formula is C21H33N3O5S. The van der Waals surface area contributed by atoms with Crippen molar-refractivity contribution in [3.63, 3.8) is 0 Å². The van der Waals surface area contributed by atoms with E-state index >= 15 is 0 Å². The van der Waals surface area contributed by atoms with Crippen LogP contribution < -0.4 is 10.0 Å². The van der Waals surface area contributed by atoms with Gasteiger partial charge in [0, 0.05) is 19.6 Å². The molecule has 1 heterocycles. The molecule has 2 unspecified atom stereocenters. The minimum atomic E-state index is -3.59. The second-order valence-corrected chi connectivity index (χ2v) is 9.81. The Morgan fingerprint density at radius 3 is 2.50 bits per heavy atom. The number of nitrogens with one attached hydrogen (secondary N) is 2. The van der Waals surface area contributed by atoms with Crippen LogP contribution in [0.4, 0.5) is 4.79 Å². The normalized spacial score (nSPS) is 18.2. The van der Waals surface area contributed by atoms with E-state index < -0.39 is 22.2 Å². The number of ether oxygens (including phenoxy) is 1. The van der Waals surface area contributed by atoms with E-state index in [0.29, 0.717) is 13.1 Å². The highest BCUT2D eigenvalue weighted by molar-refractivity contribution is 7.89. The molecule has 1 saturated heterocycles. The molecule has 1 aromatic rings. The van der Waals surface area contributed by atoms with Gasteiger partial charge in [-0.2, -0.15) is 0 Å². The fourth-order valence-electron chi connectivity index (χ4n) is 3.47. The number of likely N-dealkylation sites (tertiary alicyclic amines) is 1. The topological polar surface area (TPSA) is 105 Å². The van der Waals surface area contributed by atoms with Crippen LogP contribution >= 0.6 is 0 Å². The largest absolute Gasteiger partial charge is 0.450 e. The van der Waals surface area contributed by atoms with Gasteiger partial charge >= 0.3 is 6.09 Å². The van der Waals surface area contributed by atoms with Gasteiger partial charge in [0.05, 0.1) is 11.5 Å². The summed E-state index contributed by atoms with van der Waals surface area (Å²) in [6.45, 7) is 8.88. The van der Waals surface area contributed by atoms with E-state index in [9.17, 15) is 18.0 Å². The van der Waals surface area contributed by atoms with Crippen LogP contribution in [0.2, 0.25) is 0 Å². The molecule has 0 aliphatic carbocycles. The van der Waals surface area contributed by atoms with Gasteiger partial charge in [0.15, 0.2) is 0 Å². The van der Waals surface area contributed by atoms with Gasteiger partial charge in [-0.3, -0.25) is 4.79 Å². The summed E-state index contributed by atoms with van der Waals surface area (Å²) in [7, 11) is -3.59. The zero-order valence-corrected chi connectivity index (χ0v) is 19.0. The molecule has 0 aromatic heterocycles. The summed E-state index contributed by atoms with van der Waals surface area (Å²) in [5, 5.41) is 2.65. The first-order valence-electron chi connectivity index (χ1n) is 10.4. The van der Waals surface area contributed by atoms with Crippen molar-refractivity contribution in [3.05, 3.63) is 29.8 Å². The summed E-state index contributed by atoms with van der Waals surface area (Å²) in [4.78, 5) is 26.7. The van der Waals surface area contributed by atoms with E-state index in [0.717, 1.165) is 18.4 Å². The van der Waals surface area contributed by atoms with Crippen LogP contribution in [-0.4, -0.2) is 57.6 Å². The highest BCUT2D eigenvalue weighted by atomic mass is 32.2. The summed E-state index contributed by atoms with van der Waals surface area (Å²) in [6, 6.07) is 6.02. The van der Waals surface area contributed by atoms with E-state index in [1.54, 1.807) is 36.1 Å². The van der Waals surface area contributed by atoms with Crippen LogP contribution in [0, 0.1) is 18.8 Å². The Morgan fingerprint density at radius 2 is 1.90 bits per heavy atom. The van der Waals surface area contributed by atoms with E-state index in [1.165, 1.54) is 0 Å². The molecule has 168 valence electrons. The van der Waals surface area contributed by atoms with Gasteiger partial charge in [0.25, 0.3) is 0 Å². The predicted molar refractivity (Wildman–Crippen MR) is 114 cm³/mol. The lowest BCUT2D eigenvalue weighted by Gasteiger charge is -2.36. The molecule has 30 heavy (non-hydrogen) atoms. The Bertz CT molecular complexity index is 824. The van der Waals surface area contributed by atoms with Gasteiger partial charge in [-0.15, -0.1) is 0 Å². The van der Waals surface area contributed by atoms with Crippen LogP contribution in [0.1, 0.15) is 39.2 Å². The minimum Gasteiger partial charge on any atom is -0.450 e. The maximum absolute atomic E-state index is 13.0. The van der Waals surface area contributed by atoms with E-state index in [4.69, 9.17) is 4.74 Å². The fourth-order valence-corrected chi connectivity index (χ4v) is 4.59. The number of amides is 2. The molecule has 2 N–H and O–H groups in total. The number of rotatable bonds is 8. The molecular weight excluding hydrogens is 406 g/mol. The number of hydrogen-bond donors (Lipinski definition) is 2. The van der Waals surface area contributed by atoms with E-state index in [-0.39, 0.29) is 35.8 Å². The molecule has 1 aliphatic rings. The number of alkyl carbamates (subject to hydrolysis) is 1. The third-order valence-corrected chi connectivity index (χ3v) is 6.64. The quantitative estimate of drug-likeness (QED) is 0.647. The average Bonchev–Trinajstić information content (AvgIpc) is 2.70. The van der Waals surface area contributed by atoms with Crippen molar-refractivity contribution >= 4 is 22.0 Å². The Balaban J connectivity index is 1.97. The smallest absolute Gasteiger partial charge is 0.407 e. The number of nitrogens with zero attached hydrogens (tertiary/aromatic N) is 1. The Morgan fingerprint density at radius 1 is 1.23 bits per heavy atom. The third-order valence-electron chi connectivity index (χ3n) is 5.21. The van der Waals surface area contributed by atoms with E-state index in [1.807, 2.05) is 20.8 Å². The van der Waals surface area contributed by atoms with Gasteiger partial charge in [0.2, 0.25) is 15.9 Å². The van der Waals surface area contributed by atoms with Gasteiger partial charge in [-0.1, -0.05) is 31.5 Å². The summed E-state index contributed by atoms with van der Waals surface area (Å²) < 4.78 is 32.6. The van der Waals surface area contributed by atoms with Crippen molar-refractivity contribution in [1.29, 1.82) is 0 Å². The van der Waals surface area contributed by atoms with Crippen molar-refractivity contribution in [3.8, 4) is 0 Å². The molecule has 9 heteroatoms. The highest BCUT2D eigenvalue weighted by Crippen LogP contribution is 2.19. The average molecular weight is 440 g/mol. The zero-order valence-electron chi connectivity index (χ0n) is 18.2. The summed E-state index contributed by atoms with van der Waals surface area (Å²) >= 11 is 0. The first-order chi connectivity index (χ1) is 14.1. The van der Waals surface area contributed by atoms with Crippen LogP contribution in [0.3, 0.4) is 0 Å². The lowest BCUT2D eigenvalue weighted by atomic mass is 9.96. The number of benzene rings is 1. The van der Waals surface area contributed by atoms with Crippen LogP contribution in [0.15, 0.2) is 29.2 Å². The molecule has 0 saturated carbocycles. The minimum absolute atomic E-state index is 0.0123. The molecule has 0 spiro atoms. The third kappa shape index (κ3) is 6.70. The first kappa shape index (κ1) is 24.1. The lowest BCUT2D eigenvalue weighted by Crippen LogP contribution is -2.54. The Hall–Kier alpha value is -2.13. The van der Waals surface area contributed by atoms with Crippen molar-refractivity contribution in [1.82, 2.24) is 14.9 Å². The van der Waals surface area contributed by atoms with Crippen molar-refractivity contribution in [2.75, 3.05) is 26.2 Å². The fraction of sp³-hybridized carbons (Fsp3) is 0.619. The summed E-state index contributed by atoms with van der Waals surface area (Å²) in [5.41, 5.74) is 0.992. The molecule has 1 aliphatic heterocycles. The van der Waals surface area contributed by atoms with E-state index in [2.05, 4.69) is 10.0 Å². The molecule has 1 aromatic carbocycles. The molecule has 2 atom stereocenters. The molecule has 0 bridgehead atoms. The van der Waals surface area contributed by atoms with Gasteiger partial charge in [-0.05, 0) is 50.7 Å². The maximum Gasteiger partial charge on any atom is 0.407 e. The second-order valence-electron chi connectivity index (χ2n) is 8.04. The van der Waals surface area contributed by atoms with Crippen LogP contribution in [-0.2, 0) is 19.6 Å². The van der Waals surface area contributed by atoms with Crippen molar-refractivity contribution in [2.45, 2.75) is 51.5 Å². The monoisotopic (exact) mass is 439 g/mol. The van der Waals surface area contributed by atoms with Gasteiger partial charge < -0.3 is 15.0 Å². The lowest BCUT2D eigenvalue weighted by molar-refractivity contribution is -0.136.